The molecule has 2 aromatic heterocycles. The third-order valence-electron chi connectivity index (χ3n) is 6.48. The van der Waals surface area contributed by atoms with Crippen LogP contribution in [0.4, 0.5) is 18.9 Å². The van der Waals surface area contributed by atoms with Gasteiger partial charge in [-0.3, -0.25) is 13.8 Å². The summed E-state index contributed by atoms with van der Waals surface area (Å²) >= 11 is 0.840. The minimum absolute atomic E-state index is 0.0277. The standard InChI is InChI=1S/C26H22F3N3O4S2/c1-31-23(26(27,28)29)14-20(30-31)22-10-12-25(37-22)38(35,36)32-15-18(8-11-24(33)34)19-13-17(7-9-21(19)32)16-5-3-2-4-6-16/h2-7,9-10,12-14,18H,8,11,15H2,1H3,(H,33,34). The fourth-order valence-corrected chi connectivity index (χ4v) is 7.56. The zero-order chi connectivity index (χ0) is 27.2. The molecule has 0 radical (unpaired) electrons. The van der Waals surface area contributed by atoms with Crippen LogP contribution in [0.3, 0.4) is 0 Å². The number of carboxylic acids is 1. The fourth-order valence-electron chi connectivity index (χ4n) is 4.65. The van der Waals surface area contributed by atoms with E-state index in [4.69, 9.17) is 0 Å². The van der Waals surface area contributed by atoms with Gasteiger partial charge in [-0.05, 0) is 53.4 Å². The summed E-state index contributed by atoms with van der Waals surface area (Å²) in [6, 6.07) is 18.7. The topological polar surface area (TPSA) is 92.5 Å². The molecule has 0 saturated heterocycles. The molecule has 0 fully saturated rings. The number of aromatic nitrogens is 2. The zero-order valence-corrected chi connectivity index (χ0v) is 21.6. The number of halogens is 3. The van der Waals surface area contributed by atoms with E-state index in [9.17, 15) is 31.5 Å². The molecular weight excluding hydrogens is 539 g/mol. The van der Waals surface area contributed by atoms with E-state index in [1.54, 1.807) is 6.07 Å². The summed E-state index contributed by atoms with van der Waals surface area (Å²) in [7, 11) is -2.89. The SMILES string of the molecule is Cn1nc(-c2ccc(S(=O)(=O)N3CC(CCC(=O)O)c4cc(-c5ccccc5)ccc43)s2)cc1C(F)(F)F. The predicted molar refractivity (Wildman–Crippen MR) is 138 cm³/mol. The molecule has 2 aromatic carbocycles. The Labute approximate surface area is 220 Å². The summed E-state index contributed by atoms with van der Waals surface area (Å²) in [5.74, 6) is -1.30. The number of rotatable bonds is 7. The first-order valence-electron chi connectivity index (χ1n) is 11.6. The number of aliphatic carboxylic acids is 1. The first-order chi connectivity index (χ1) is 17.9. The van der Waals surface area contributed by atoms with Crippen molar-refractivity contribution in [2.75, 3.05) is 10.8 Å². The third kappa shape index (κ3) is 4.81. The minimum Gasteiger partial charge on any atom is -0.481 e. The number of sulfonamides is 1. The highest BCUT2D eigenvalue weighted by Crippen LogP contribution is 2.45. The lowest BCUT2D eigenvalue weighted by atomic mass is 9.93. The van der Waals surface area contributed by atoms with Crippen LogP contribution in [0.5, 0.6) is 0 Å². The maximum absolute atomic E-state index is 13.7. The predicted octanol–water partition coefficient (Wildman–Crippen LogP) is 5.99. The minimum atomic E-state index is -4.59. The molecule has 1 aliphatic rings. The number of benzene rings is 2. The van der Waals surface area contributed by atoms with Crippen molar-refractivity contribution in [2.45, 2.75) is 29.1 Å². The summed E-state index contributed by atoms with van der Waals surface area (Å²) in [6.07, 6.45) is -4.44. The van der Waals surface area contributed by atoms with Crippen LogP contribution in [-0.4, -0.2) is 35.8 Å². The molecule has 0 saturated carbocycles. The van der Waals surface area contributed by atoms with Crippen molar-refractivity contribution in [1.29, 1.82) is 0 Å². The van der Waals surface area contributed by atoms with E-state index in [-0.39, 0.29) is 40.1 Å². The summed E-state index contributed by atoms with van der Waals surface area (Å²) in [4.78, 5) is 11.6. The lowest BCUT2D eigenvalue weighted by Crippen LogP contribution is -2.29. The molecule has 1 N–H and O–H groups in total. The van der Waals surface area contributed by atoms with Gasteiger partial charge in [-0.25, -0.2) is 8.42 Å². The molecule has 4 aromatic rings. The van der Waals surface area contributed by atoms with Gasteiger partial charge in [0.2, 0.25) is 0 Å². The Morgan fingerprint density at radius 1 is 1.08 bits per heavy atom. The average molecular weight is 562 g/mol. The van der Waals surface area contributed by atoms with Gasteiger partial charge in [0.05, 0.1) is 10.6 Å². The lowest BCUT2D eigenvalue weighted by molar-refractivity contribution is -0.143. The number of fused-ring (bicyclic) bond motifs is 1. The first kappa shape index (κ1) is 26.0. The highest BCUT2D eigenvalue weighted by molar-refractivity contribution is 7.94. The lowest BCUT2D eigenvalue weighted by Gasteiger charge is -2.19. The van der Waals surface area contributed by atoms with Crippen LogP contribution in [0.1, 0.15) is 30.0 Å². The number of hydrogen-bond acceptors (Lipinski definition) is 5. The van der Waals surface area contributed by atoms with E-state index in [1.165, 1.54) is 23.5 Å². The summed E-state index contributed by atoms with van der Waals surface area (Å²) in [6.45, 7) is 0.0677. The molecule has 1 aliphatic heterocycles. The van der Waals surface area contributed by atoms with Crippen molar-refractivity contribution in [3.05, 3.63) is 78.0 Å². The van der Waals surface area contributed by atoms with Gasteiger partial charge in [0.15, 0.2) is 0 Å². The molecule has 5 rings (SSSR count). The Morgan fingerprint density at radius 2 is 1.82 bits per heavy atom. The van der Waals surface area contributed by atoms with E-state index >= 15 is 0 Å². The molecule has 38 heavy (non-hydrogen) atoms. The van der Waals surface area contributed by atoms with Crippen LogP contribution >= 0.6 is 11.3 Å². The molecule has 1 unspecified atom stereocenters. The van der Waals surface area contributed by atoms with E-state index in [1.807, 2.05) is 42.5 Å². The molecule has 12 heteroatoms. The van der Waals surface area contributed by atoms with Gasteiger partial charge in [0.1, 0.15) is 15.6 Å². The molecule has 1 atom stereocenters. The van der Waals surface area contributed by atoms with Crippen molar-refractivity contribution in [3.63, 3.8) is 0 Å². The van der Waals surface area contributed by atoms with Crippen molar-refractivity contribution >= 4 is 33.0 Å². The molecule has 0 aliphatic carbocycles. The van der Waals surface area contributed by atoms with Gasteiger partial charge >= 0.3 is 12.1 Å². The number of carboxylic acid groups (broad SMARTS) is 1. The van der Waals surface area contributed by atoms with Gasteiger partial charge < -0.3 is 5.11 Å². The zero-order valence-electron chi connectivity index (χ0n) is 20.0. The maximum Gasteiger partial charge on any atom is 0.433 e. The highest BCUT2D eigenvalue weighted by atomic mass is 32.2. The second-order valence-corrected chi connectivity index (χ2v) is 12.1. The summed E-state index contributed by atoms with van der Waals surface area (Å²) in [5, 5.41) is 13.1. The number of hydrogen-bond donors (Lipinski definition) is 1. The van der Waals surface area contributed by atoms with Crippen molar-refractivity contribution < 1.29 is 31.5 Å². The number of aryl methyl sites for hydroxylation is 1. The van der Waals surface area contributed by atoms with Crippen LogP contribution in [0.2, 0.25) is 0 Å². The molecule has 7 nitrogen and oxygen atoms in total. The number of nitrogens with zero attached hydrogens (tertiary/aromatic N) is 3. The molecule has 198 valence electrons. The monoisotopic (exact) mass is 561 g/mol. The first-order valence-corrected chi connectivity index (χ1v) is 13.9. The molecule has 3 heterocycles. The Kier molecular flexibility index (Phi) is 6.56. The second-order valence-electron chi connectivity index (χ2n) is 8.96. The molecule has 0 bridgehead atoms. The number of carbonyl (C=O) groups is 1. The highest BCUT2D eigenvalue weighted by Gasteiger charge is 2.38. The van der Waals surface area contributed by atoms with E-state index in [0.717, 1.165) is 38.8 Å². The van der Waals surface area contributed by atoms with Crippen LogP contribution in [-0.2, 0) is 28.0 Å². The number of thiophene rings is 1. The van der Waals surface area contributed by atoms with Crippen molar-refractivity contribution in [1.82, 2.24) is 9.78 Å². The third-order valence-corrected chi connectivity index (χ3v) is 9.84. The largest absolute Gasteiger partial charge is 0.481 e. The van der Waals surface area contributed by atoms with Crippen LogP contribution in [0, 0.1) is 0 Å². The van der Waals surface area contributed by atoms with Crippen LogP contribution in [0.25, 0.3) is 21.7 Å². The average Bonchev–Trinajstić information content (AvgIpc) is 3.60. The smallest absolute Gasteiger partial charge is 0.433 e. The van der Waals surface area contributed by atoms with Gasteiger partial charge in [-0.2, -0.15) is 18.3 Å². The van der Waals surface area contributed by atoms with Gasteiger partial charge in [0.25, 0.3) is 10.0 Å². The van der Waals surface area contributed by atoms with Gasteiger partial charge in [-0.1, -0.05) is 36.4 Å². The molecular formula is C26H22F3N3O4S2. The van der Waals surface area contributed by atoms with Crippen molar-refractivity contribution in [3.8, 4) is 21.7 Å². The number of alkyl halides is 3. The Bertz CT molecular complexity index is 1610. The Balaban J connectivity index is 1.50. The van der Waals surface area contributed by atoms with Gasteiger partial charge in [0, 0.05) is 25.9 Å². The van der Waals surface area contributed by atoms with Crippen LogP contribution in [0.15, 0.2) is 70.9 Å². The summed E-state index contributed by atoms with van der Waals surface area (Å²) in [5.41, 5.74) is 2.14. The fraction of sp³-hybridized carbons (Fsp3) is 0.231. The molecule has 0 spiro atoms. The van der Waals surface area contributed by atoms with Crippen LogP contribution < -0.4 is 4.31 Å². The Hall–Kier alpha value is -3.64. The van der Waals surface area contributed by atoms with E-state index in [2.05, 4.69) is 5.10 Å². The summed E-state index contributed by atoms with van der Waals surface area (Å²) < 4.78 is 69.0. The van der Waals surface area contributed by atoms with Crippen molar-refractivity contribution in [2.24, 2.45) is 7.05 Å². The quantitative estimate of drug-likeness (QED) is 0.299. The van der Waals surface area contributed by atoms with E-state index in [0.29, 0.717) is 5.69 Å². The normalized spacial score (nSPS) is 15.6. The Morgan fingerprint density at radius 3 is 2.47 bits per heavy atom. The molecule has 0 amide bonds. The maximum atomic E-state index is 13.7. The van der Waals surface area contributed by atoms with Gasteiger partial charge in [-0.15, -0.1) is 11.3 Å². The second kappa shape index (κ2) is 9.59. The number of anilines is 1. The van der Waals surface area contributed by atoms with E-state index < -0.39 is 27.9 Å².